The predicted molar refractivity (Wildman–Crippen MR) is 50.8 cm³/mol. The van der Waals surface area contributed by atoms with Gasteiger partial charge < -0.3 is 0 Å². The fraction of sp³-hybridized carbons (Fsp3) is 0. The first-order valence-corrected chi connectivity index (χ1v) is 4.31. The largest absolute Gasteiger partial charge is 0.141 e. The maximum atomic E-state index is 5.51. The number of thioether (sulfide) groups is 1. The van der Waals surface area contributed by atoms with Crippen molar-refractivity contribution < 1.29 is 0 Å². The monoisotopic (exact) mass is 188 g/mol. The first-order chi connectivity index (χ1) is 4.79. The second-order valence-corrected chi connectivity index (χ2v) is 4.23. The summed E-state index contributed by atoms with van der Waals surface area (Å²) in [5.74, 6) is 0. The van der Waals surface area contributed by atoms with Gasteiger partial charge in [-0.3, -0.25) is 0 Å². The van der Waals surface area contributed by atoms with Crippen LogP contribution in [-0.2, 0) is 0 Å². The molecule has 1 rings (SSSR count). The van der Waals surface area contributed by atoms with E-state index in [2.05, 4.69) is 0 Å². The van der Waals surface area contributed by atoms with Crippen LogP contribution in [0.15, 0.2) is 35.2 Å². The molecule has 0 fully saturated rings. The second kappa shape index (κ2) is 3.96. The minimum atomic E-state index is 0.436. The highest BCUT2D eigenvalue weighted by molar-refractivity contribution is 8.26. The summed E-state index contributed by atoms with van der Waals surface area (Å²) < 4.78 is 0.436. The number of hydrogen-bond donors (Lipinski definition) is 0. The minimum absolute atomic E-state index is 0.436. The Morgan fingerprint density at radius 1 is 1.30 bits per heavy atom. The molecule has 0 saturated heterocycles. The van der Waals surface area contributed by atoms with Crippen LogP contribution in [0.5, 0.6) is 0 Å². The van der Waals surface area contributed by atoms with Crippen molar-refractivity contribution in [3.63, 3.8) is 0 Å². The van der Waals surface area contributed by atoms with Gasteiger partial charge in [-0.05, 0) is 12.1 Å². The van der Waals surface area contributed by atoms with Crippen molar-refractivity contribution >= 4 is 39.2 Å². The molecule has 0 heterocycles. The zero-order chi connectivity index (χ0) is 7.40. The lowest BCUT2D eigenvalue weighted by Gasteiger charge is -1.93. The van der Waals surface area contributed by atoms with Gasteiger partial charge >= 0.3 is 0 Å². The van der Waals surface area contributed by atoms with Crippen LogP contribution in [-0.4, -0.2) is 3.66 Å². The van der Waals surface area contributed by atoms with E-state index >= 15 is 0 Å². The molecule has 3 heteroatoms. The summed E-state index contributed by atoms with van der Waals surface area (Å²) >= 11 is 11.6. The Morgan fingerprint density at radius 3 is 2.40 bits per heavy atom. The maximum Gasteiger partial charge on any atom is 0.141 e. The first kappa shape index (κ1) is 8.05. The van der Waals surface area contributed by atoms with Crippen LogP contribution in [0, 0.1) is 0 Å². The smallest absolute Gasteiger partial charge is 0.0662 e. The van der Waals surface area contributed by atoms with E-state index in [0.29, 0.717) is 3.66 Å². The fourth-order valence-corrected chi connectivity index (χ4v) is 1.62. The van der Waals surface area contributed by atoms with Crippen LogP contribution in [0.4, 0.5) is 0 Å². The molecule has 0 nitrogen and oxygen atoms in total. The van der Waals surface area contributed by atoms with Crippen LogP contribution >= 0.6 is 35.6 Å². The molecule has 1 aromatic rings. The van der Waals surface area contributed by atoms with Gasteiger partial charge in [0.15, 0.2) is 0 Å². The van der Waals surface area contributed by atoms with Crippen LogP contribution in [0.1, 0.15) is 0 Å². The third-order valence-corrected chi connectivity index (χ3v) is 2.09. The van der Waals surface area contributed by atoms with Crippen molar-refractivity contribution in [2.75, 3.05) is 0 Å². The topological polar surface area (TPSA) is 0 Å². The van der Waals surface area contributed by atoms with Crippen molar-refractivity contribution in [1.82, 2.24) is 0 Å². The van der Waals surface area contributed by atoms with E-state index in [1.807, 2.05) is 30.3 Å². The van der Waals surface area contributed by atoms with Gasteiger partial charge in [0.1, 0.15) is 3.66 Å². The maximum absolute atomic E-state index is 5.51. The molecule has 0 atom stereocenters. The average molecular weight is 189 g/mol. The fourth-order valence-electron chi connectivity index (χ4n) is 0.581. The quantitative estimate of drug-likeness (QED) is 0.377. The lowest BCUT2D eigenvalue weighted by molar-refractivity contribution is 1.48. The van der Waals surface area contributed by atoms with E-state index in [9.17, 15) is 0 Å². The predicted octanol–water partition coefficient (Wildman–Crippen LogP) is 3.30. The third-order valence-electron chi connectivity index (χ3n) is 0.941. The summed E-state index contributed by atoms with van der Waals surface area (Å²) in [4.78, 5) is 1.09. The zero-order valence-electron chi connectivity index (χ0n) is 5.08. The summed E-state index contributed by atoms with van der Waals surface area (Å²) in [5.41, 5.74) is 0. The first-order valence-electron chi connectivity index (χ1n) is 2.71. The van der Waals surface area contributed by atoms with Crippen LogP contribution in [0.25, 0.3) is 0 Å². The van der Waals surface area contributed by atoms with E-state index in [0.717, 1.165) is 4.90 Å². The molecule has 0 unspecified atom stereocenters. The number of halogens is 1. The SMILES string of the molecule is S=C(Cl)Sc1ccccc1. The Bertz CT molecular complexity index is 220. The number of rotatable bonds is 1. The Hall–Kier alpha value is -0.0500. The molecular formula is C7H5ClS2. The van der Waals surface area contributed by atoms with E-state index in [1.165, 1.54) is 11.8 Å². The Balaban J connectivity index is 2.67. The molecule has 0 spiro atoms. The van der Waals surface area contributed by atoms with Gasteiger partial charge in [-0.25, -0.2) is 0 Å². The van der Waals surface area contributed by atoms with Crippen molar-refractivity contribution in [3.05, 3.63) is 30.3 Å². The third kappa shape index (κ3) is 2.69. The lowest BCUT2D eigenvalue weighted by atomic mass is 10.4. The molecule has 10 heavy (non-hydrogen) atoms. The molecule has 0 aliphatic rings. The molecular weight excluding hydrogens is 184 g/mol. The minimum Gasteiger partial charge on any atom is -0.0662 e. The Labute approximate surface area is 74.6 Å². The van der Waals surface area contributed by atoms with E-state index in [1.54, 1.807) is 0 Å². The van der Waals surface area contributed by atoms with E-state index in [-0.39, 0.29) is 0 Å². The highest BCUT2D eigenvalue weighted by Gasteiger charge is 1.93. The van der Waals surface area contributed by atoms with Crippen LogP contribution in [0.3, 0.4) is 0 Å². The molecule has 0 aliphatic carbocycles. The Kier molecular flexibility index (Phi) is 3.19. The van der Waals surface area contributed by atoms with Crippen molar-refractivity contribution in [2.24, 2.45) is 0 Å². The van der Waals surface area contributed by atoms with Crippen molar-refractivity contribution in [2.45, 2.75) is 4.90 Å². The molecule has 0 aliphatic heterocycles. The number of thiocarbonyl (C=S) groups is 1. The van der Waals surface area contributed by atoms with E-state index in [4.69, 9.17) is 23.8 Å². The molecule has 0 N–H and O–H groups in total. The molecule has 0 aromatic heterocycles. The van der Waals surface area contributed by atoms with Gasteiger partial charge in [-0.2, -0.15) is 0 Å². The lowest BCUT2D eigenvalue weighted by Crippen LogP contribution is -1.72. The normalized spacial score (nSPS) is 9.30. The standard InChI is InChI=1S/C7H5ClS2/c8-7(9)10-6-4-2-1-3-5-6/h1-5H. The number of benzene rings is 1. The summed E-state index contributed by atoms with van der Waals surface area (Å²) in [7, 11) is 0. The summed E-state index contributed by atoms with van der Waals surface area (Å²) in [5, 5.41) is 0. The Morgan fingerprint density at radius 2 is 1.90 bits per heavy atom. The van der Waals surface area contributed by atoms with Crippen LogP contribution < -0.4 is 0 Å². The van der Waals surface area contributed by atoms with Crippen LogP contribution in [0.2, 0.25) is 0 Å². The number of hydrogen-bond acceptors (Lipinski definition) is 2. The highest BCUT2D eigenvalue weighted by Crippen LogP contribution is 2.20. The zero-order valence-corrected chi connectivity index (χ0v) is 7.47. The molecule has 1 aromatic carbocycles. The van der Waals surface area contributed by atoms with Gasteiger partial charge in [-0.1, -0.05) is 53.8 Å². The van der Waals surface area contributed by atoms with Gasteiger partial charge in [0.2, 0.25) is 0 Å². The molecule has 52 valence electrons. The van der Waals surface area contributed by atoms with Gasteiger partial charge in [-0.15, -0.1) is 0 Å². The average Bonchev–Trinajstić information content (AvgIpc) is 1.88. The summed E-state index contributed by atoms with van der Waals surface area (Å²) in [6, 6.07) is 9.81. The summed E-state index contributed by atoms with van der Waals surface area (Å²) in [6.07, 6.45) is 0. The van der Waals surface area contributed by atoms with Gasteiger partial charge in [0.25, 0.3) is 0 Å². The second-order valence-electron chi connectivity index (χ2n) is 1.65. The molecule has 0 radical (unpaired) electrons. The molecule has 0 amide bonds. The van der Waals surface area contributed by atoms with Crippen molar-refractivity contribution in [1.29, 1.82) is 0 Å². The van der Waals surface area contributed by atoms with Gasteiger partial charge in [0, 0.05) is 4.90 Å². The summed E-state index contributed by atoms with van der Waals surface area (Å²) in [6.45, 7) is 0. The van der Waals surface area contributed by atoms with Crippen molar-refractivity contribution in [3.8, 4) is 0 Å². The van der Waals surface area contributed by atoms with Gasteiger partial charge in [0.05, 0.1) is 0 Å². The highest BCUT2D eigenvalue weighted by atomic mass is 35.5. The molecule has 0 bridgehead atoms. The van der Waals surface area contributed by atoms with E-state index < -0.39 is 0 Å². The molecule has 0 saturated carbocycles.